The quantitative estimate of drug-likeness (QED) is 0.618. The van der Waals surface area contributed by atoms with Gasteiger partial charge in [-0.3, -0.25) is 0 Å². The molecule has 0 aromatic heterocycles. The number of rotatable bonds is 2. The summed E-state index contributed by atoms with van der Waals surface area (Å²) < 4.78 is 60.5. The van der Waals surface area contributed by atoms with Crippen molar-refractivity contribution < 1.29 is 26.1 Å². The fraction of sp³-hybridized carbons (Fsp3) is 1.00. The Morgan fingerprint density at radius 2 is 1.13 bits per heavy atom. The Morgan fingerprint density at radius 1 is 0.783 bits per heavy atom. The third-order valence-electron chi connectivity index (χ3n) is 2.38. The van der Waals surface area contributed by atoms with E-state index in [1.807, 2.05) is 13.1 Å². The van der Waals surface area contributed by atoms with Gasteiger partial charge in [0.1, 0.15) is 9.76 Å². The number of hydrogen-bond donors (Lipinski definition) is 0. The molecule has 1 aliphatic heterocycles. The lowest BCUT2D eigenvalue weighted by Crippen LogP contribution is -2.64. The van der Waals surface area contributed by atoms with Gasteiger partial charge in [0.05, 0.1) is 0 Å². The molecule has 0 aromatic rings. The average molecular weight is 435 g/mol. The Balaban J connectivity index is 0.000000821. The van der Waals surface area contributed by atoms with E-state index in [1.165, 1.54) is 0 Å². The minimum absolute atomic E-state index is 0.128. The monoisotopic (exact) mass is 434 g/mol. The zero-order valence-corrected chi connectivity index (χ0v) is 22.9. The molecule has 11 heteroatoms. The summed E-state index contributed by atoms with van der Waals surface area (Å²) in [4.78, 5) is 0. The second kappa shape index (κ2) is 8.20. The van der Waals surface area contributed by atoms with Gasteiger partial charge in [0.25, 0.3) is 0 Å². The Bertz CT molecular complexity index is 462. The molecule has 0 spiro atoms. The summed E-state index contributed by atoms with van der Waals surface area (Å²) in [5.41, 5.74) is 0. The van der Waals surface area contributed by atoms with Crippen LogP contribution in [0.5, 0.6) is 0 Å². The third kappa shape index (κ3) is 12.1. The lowest BCUT2D eigenvalue weighted by molar-refractivity contribution is 0.238. The van der Waals surface area contributed by atoms with Crippen LogP contribution < -0.4 is 0 Å². The third-order valence-corrected chi connectivity index (χ3v) is 21.4. The van der Waals surface area contributed by atoms with Crippen molar-refractivity contribution in [3.8, 4) is 0 Å². The molecule has 0 atom stereocenters. The summed E-state index contributed by atoms with van der Waals surface area (Å²) in [6, 6.07) is 0. The van der Waals surface area contributed by atoms with Crippen molar-refractivity contribution in [3.05, 3.63) is 0 Å². The van der Waals surface area contributed by atoms with Gasteiger partial charge in [-0.15, -0.1) is 0 Å². The molecule has 5 nitrogen and oxygen atoms in total. The molecule has 0 aromatic carbocycles. The highest BCUT2D eigenvalue weighted by atomic mass is 28.5. The van der Waals surface area contributed by atoms with Crippen molar-refractivity contribution >= 4 is 52.3 Å². The second-order valence-electron chi connectivity index (χ2n) is 7.91. The summed E-state index contributed by atoms with van der Waals surface area (Å²) in [7, 11) is -12.8. The first-order chi connectivity index (χ1) is 11.7. The van der Waals surface area contributed by atoms with Crippen LogP contribution in [0, 0.1) is 0 Å². The summed E-state index contributed by atoms with van der Waals surface area (Å²) in [5, 5.41) is 0. The topological polar surface area (TPSA) is 46.2 Å². The van der Waals surface area contributed by atoms with Gasteiger partial charge in [-0.2, -0.15) is 0 Å². The van der Waals surface area contributed by atoms with E-state index in [4.69, 9.17) is 26.1 Å². The SMILES string of the molecule is C[SiH2]O[Si](C)(C)C.[2H]C[Si]1(C([2H])([2H])[2H])O[Si](C)(C)O[Si](C)(C)O[Si](C)(C)O1. The zero-order chi connectivity index (χ0) is 21.9. The molecule has 1 aliphatic rings. The fourth-order valence-electron chi connectivity index (χ4n) is 2.49. The highest BCUT2D eigenvalue weighted by Crippen LogP contribution is 2.30. The first kappa shape index (κ1) is 17.5. The molecule has 0 amide bonds. The lowest BCUT2D eigenvalue weighted by atomic mass is 11.8. The molecule has 0 saturated carbocycles. The molecule has 0 radical (unpaired) electrons. The van der Waals surface area contributed by atoms with Gasteiger partial charge in [-0.1, -0.05) is 6.55 Å². The summed E-state index contributed by atoms with van der Waals surface area (Å²) in [6.07, 6.45) is 0. The maximum atomic E-state index is 7.76. The van der Waals surface area contributed by atoms with Crippen LogP contribution in [0.15, 0.2) is 0 Å². The number of hydrogen-bond acceptors (Lipinski definition) is 5. The highest BCUT2D eigenvalue weighted by Gasteiger charge is 2.50. The molecule has 0 N–H and O–H groups in total. The standard InChI is InChI=1S/C8H24O4Si4.C4H14OSi2/c1-13(2)9-14(3,4)11-16(7,8)12-15(5,6)10-13;1-6-5-7(2,3)4/h1-8H3;6H2,1-4H3/i1D,2D3;. The van der Waals surface area contributed by atoms with E-state index in [0.29, 0.717) is 0 Å². The van der Waals surface area contributed by atoms with Crippen molar-refractivity contribution in [2.24, 2.45) is 0 Å². The van der Waals surface area contributed by atoms with E-state index in [2.05, 4.69) is 26.2 Å². The van der Waals surface area contributed by atoms with Crippen LogP contribution in [-0.2, 0) is 20.6 Å². The van der Waals surface area contributed by atoms with E-state index >= 15 is 0 Å². The van der Waals surface area contributed by atoms with Crippen molar-refractivity contribution in [3.63, 3.8) is 0 Å². The fourth-order valence-corrected chi connectivity index (χ4v) is 23.9. The van der Waals surface area contributed by atoms with Crippen molar-refractivity contribution in [2.75, 3.05) is 0 Å². The van der Waals surface area contributed by atoms with Crippen molar-refractivity contribution in [1.82, 2.24) is 0 Å². The van der Waals surface area contributed by atoms with Crippen LogP contribution in [0.2, 0.25) is 78.5 Å². The van der Waals surface area contributed by atoms with E-state index in [0.717, 1.165) is 0 Å². The molecule has 23 heavy (non-hydrogen) atoms. The average Bonchev–Trinajstić information content (AvgIpc) is 2.30. The van der Waals surface area contributed by atoms with Gasteiger partial charge in [-0.05, 0) is 71.9 Å². The largest absolute Gasteiger partial charge is 0.461 e. The van der Waals surface area contributed by atoms with Crippen molar-refractivity contribution in [1.29, 1.82) is 0 Å². The van der Waals surface area contributed by atoms with Crippen LogP contribution in [0.3, 0.4) is 0 Å². The molecular weight excluding hydrogens is 393 g/mol. The van der Waals surface area contributed by atoms with Gasteiger partial charge in [-0.25, -0.2) is 0 Å². The summed E-state index contributed by atoms with van der Waals surface area (Å²) in [6.45, 7) is 17.0. The van der Waals surface area contributed by atoms with Crippen LogP contribution in [0.1, 0.15) is 5.48 Å². The predicted molar refractivity (Wildman–Crippen MR) is 113 cm³/mol. The van der Waals surface area contributed by atoms with Gasteiger partial charge in [0.2, 0.25) is 0 Å². The van der Waals surface area contributed by atoms with Gasteiger partial charge >= 0.3 is 34.2 Å². The van der Waals surface area contributed by atoms with E-state index in [-0.39, 0.29) is 16.3 Å². The summed E-state index contributed by atoms with van der Waals surface area (Å²) in [5.74, 6) is 0. The van der Waals surface area contributed by atoms with E-state index in [1.54, 1.807) is 26.2 Å². The molecule has 140 valence electrons. The first-order valence-electron chi connectivity index (χ1n) is 10.1. The Labute approximate surface area is 157 Å². The summed E-state index contributed by atoms with van der Waals surface area (Å²) >= 11 is 0. The van der Waals surface area contributed by atoms with Crippen molar-refractivity contribution in [2.45, 2.75) is 78.5 Å². The van der Waals surface area contributed by atoms with Crippen LogP contribution in [0.4, 0.5) is 0 Å². The Kier molecular flexibility index (Phi) is 6.24. The molecule has 1 rings (SSSR count). The maximum Gasteiger partial charge on any atom is 0.314 e. The van der Waals surface area contributed by atoms with Crippen LogP contribution in [0.25, 0.3) is 0 Å². The first-order valence-corrected chi connectivity index (χ1v) is 23.8. The minimum Gasteiger partial charge on any atom is -0.461 e. The van der Waals surface area contributed by atoms with Crippen LogP contribution in [-0.4, -0.2) is 52.3 Å². The van der Waals surface area contributed by atoms with Crippen LogP contribution >= 0.6 is 0 Å². The lowest BCUT2D eigenvalue weighted by Gasteiger charge is -2.46. The second-order valence-corrected chi connectivity index (χ2v) is 27.0. The van der Waals surface area contributed by atoms with Gasteiger partial charge in [0, 0.05) is 5.48 Å². The Hall–Kier alpha value is 1.10. The smallest absolute Gasteiger partial charge is 0.314 e. The predicted octanol–water partition coefficient (Wildman–Crippen LogP) is 3.84. The molecule has 0 bridgehead atoms. The van der Waals surface area contributed by atoms with E-state index in [9.17, 15) is 0 Å². The molecule has 0 aliphatic carbocycles. The van der Waals surface area contributed by atoms with Gasteiger partial charge in [0.15, 0.2) is 8.32 Å². The molecular formula is C12H38O5Si6. The highest BCUT2D eigenvalue weighted by molar-refractivity contribution is 6.92. The zero-order valence-electron chi connectivity index (χ0n) is 20.5. The van der Waals surface area contributed by atoms with E-state index < -0.39 is 49.0 Å². The van der Waals surface area contributed by atoms with Gasteiger partial charge < -0.3 is 20.6 Å². The molecule has 1 fully saturated rings. The molecule has 0 unspecified atom stereocenters. The normalized spacial score (nSPS) is 29.1. The molecule has 1 saturated heterocycles. The minimum atomic E-state index is -3.71. The Morgan fingerprint density at radius 3 is 1.30 bits per heavy atom. The maximum absolute atomic E-state index is 7.76. The molecule has 1 heterocycles.